The van der Waals surface area contributed by atoms with Crippen molar-refractivity contribution in [2.45, 2.75) is 13.8 Å². The molecule has 1 N–H and O–H groups in total. The van der Waals surface area contributed by atoms with Gasteiger partial charge in [-0.2, -0.15) is 19.9 Å². The lowest BCUT2D eigenvalue weighted by Gasteiger charge is -2.08. The number of nitrogens with one attached hydrogen (secondary N) is 1. The highest BCUT2D eigenvalue weighted by Gasteiger charge is 2.19. The van der Waals surface area contributed by atoms with E-state index in [2.05, 4.69) is 26.5 Å². The molecule has 0 fully saturated rings. The number of halogens is 1. The molecule has 1 amide bonds. The number of hydrogen-bond acceptors (Lipinski definition) is 6. The molecule has 3 heterocycles. The van der Waals surface area contributed by atoms with E-state index in [4.69, 9.17) is 0 Å². The van der Waals surface area contributed by atoms with Gasteiger partial charge < -0.3 is 5.32 Å². The predicted octanol–water partition coefficient (Wildman–Crippen LogP) is 3.73. The van der Waals surface area contributed by atoms with Gasteiger partial charge in [0.05, 0.1) is 11.3 Å². The van der Waals surface area contributed by atoms with Gasteiger partial charge in [-0.05, 0) is 49.7 Å². The minimum atomic E-state index is -0.445. The van der Waals surface area contributed by atoms with Crippen molar-refractivity contribution in [3.8, 4) is 17.3 Å². The van der Waals surface area contributed by atoms with Crippen molar-refractivity contribution in [3.63, 3.8) is 0 Å². The van der Waals surface area contributed by atoms with Crippen molar-refractivity contribution in [2.75, 3.05) is 5.32 Å². The molecule has 3 aromatic heterocycles. The van der Waals surface area contributed by atoms with E-state index >= 15 is 0 Å². The SMILES string of the molecule is Cc1sc(NC(=O)c2cc(-c3ccc(F)cc3)nc3ncnn23)c(C#N)c1C. The third kappa shape index (κ3) is 3.00. The Balaban J connectivity index is 1.78. The molecule has 0 aliphatic carbocycles. The highest BCUT2D eigenvalue weighted by atomic mass is 32.1. The lowest BCUT2D eigenvalue weighted by molar-refractivity contribution is 0.102. The summed E-state index contributed by atoms with van der Waals surface area (Å²) in [4.78, 5) is 22.4. The van der Waals surface area contributed by atoms with Crippen LogP contribution in [-0.2, 0) is 0 Å². The molecule has 0 unspecified atom stereocenters. The molecule has 0 aliphatic rings. The first kappa shape index (κ1) is 17.8. The van der Waals surface area contributed by atoms with Crippen molar-refractivity contribution in [2.24, 2.45) is 0 Å². The van der Waals surface area contributed by atoms with Crippen molar-refractivity contribution in [1.29, 1.82) is 5.26 Å². The molecular weight excluding hydrogens is 379 g/mol. The first-order chi connectivity index (χ1) is 13.5. The van der Waals surface area contributed by atoms with Crippen LogP contribution in [0.5, 0.6) is 0 Å². The third-order valence-electron chi connectivity index (χ3n) is 4.35. The van der Waals surface area contributed by atoms with Gasteiger partial charge in [0.2, 0.25) is 0 Å². The second kappa shape index (κ2) is 6.83. The molecule has 4 aromatic rings. The molecule has 0 radical (unpaired) electrons. The number of aryl methyl sites for hydroxylation is 1. The minimum Gasteiger partial charge on any atom is -0.311 e. The molecule has 9 heteroatoms. The largest absolute Gasteiger partial charge is 0.311 e. The number of nitriles is 1. The molecule has 0 bridgehead atoms. The van der Waals surface area contributed by atoms with Gasteiger partial charge in [0, 0.05) is 10.4 Å². The molecule has 4 rings (SSSR count). The van der Waals surface area contributed by atoms with Crippen LogP contribution in [0.2, 0.25) is 0 Å². The van der Waals surface area contributed by atoms with Crippen molar-refractivity contribution < 1.29 is 9.18 Å². The molecule has 7 nitrogen and oxygen atoms in total. The summed E-state index contributed by atoms with van der Waals surface area (Å²) >= 11 is 1.34. The molecule has 1 aromatic carbocycles. The number of carbonyl (C=O) groups excluding carboxylic acids is 1. The third-order valence-corrected chi connectivity index (χ3v) is 5.47. The number of thiophene rings is 1. The van der Waals surface area contributed by atoms with Gasteiger partial charge >= 0.3 is 0 Å². The number of aromatic nitrogens is 4. The first-order valence-corrected chi connectivity index (χ1v) is 9.07. The summed E-state index contributed by atoms with van der Waals surface area (Å²) in [6.45, 7) is 3.74. The van der Waals surface area contributed by atoms with Gasteiger partial charge in [0.25, 0.3) is 11.7 Å². The van der Waals surface area contributed by atoms with Gasteiger partial charge in [-0.25, -0.2) is 9.37 Å². The molecular formula is C19H13FN6OS. The summed E-state index contributed by atoms with van der Waals surface area (Å²) in [6, 6.07) is 9.48. The topological polar surface area (TPSA) is 96.0 Å². The van der Waals surface area contributed by atoms with E-state index in [0.717, 1.165) is 10.4 Å². The van der Waals surface area contributed by atoms with Crippen LogP contribution in [0.4, 0.5) is 9.39 Å². The summed E-state index contributed by atoms with van der Waals surface area (Å²) in [6.07, 6.45) is 1.30. The van der Waals surface area contributed by atoms with Gasteiger partial charge in [-0.15, -0.1) is 11.3 Å². The van der Waals surface area contributed by atoms with Crippen LogP contribution in [0.3, 0.4) is 0 Å². The Morgan fingerprint density at radius 3 is 2.75 bits per heavy atom. The van der Waals surface area contributed by atoms with E-state index in [1.807, 2.05) is 13.8 Å². The van der Waals surface area contributed by atoms with Crippen LogP contribution in [0.25, 0.3) is 17.0 Å². The Morgan fingerprint density at radius 2 is 2.04 bits per heavy atom. The average Bonchev–Trinajstić information content (AvgIpc) is 3.26. The molecule has 0 aliphatic heterocycles. The van der Waals surface area contributed by atoms with Crippen LogP contribution in [0.15, 0.2) is 36.7 Å². The molecule has 0 saturated carbocycles. The van der Waals surface area contributed by atoms with Crippen molar-refractivity contribution in [1.82, 2.24) is 19.6 Å². The molecule has 0 saturated heterocycles. The number of nitrogens with zero attached hydrogens (tertiary/aromatic N) is 5. The fourth-order valence-corrected chi connectivity index (χ4v) is 3.77. The number of amides is 1. The maximum absolute atomic E-state index is 13.2. The molecule has 0 spiro atoms. The fraction of sp³-hybridized carbons (Fsp3) is 0.105. The van der Waals surface area contributed by atoms with Crippen LogP contribution in [-0.4, -0.2) is 25.5 Å². The zero-order chi connectivity index (χ0) is 19.8. The van der Waals surface area contributed by atoms with E-state index in [0.29, 0.717) is 21.8 Å². The van der Waals surface area contributed by atoms with Gasteiger partial charge in [-0.3, -0.25) is 4.79 Å². The number of rotatable bonds is 3. The first-order valence-electron chi connectivity index (χ1n) is 8.26. The Morgan fingerprint density at radius 1 is 1.29 bits per heavy atom. The average molecular weight is 392 g/mol. The summed E-state index contributed by atoms with van der Waals surface area (Å²) in [5.41, 5.74) is 2.59. The van der Waals surface area contributed by atoms with Gasteiger partial charge in [0.1, 0.15) is 28.9 Å². The number of carbonyl (C=O) groups is 1. The predicted molar refractivity (Wildman–Crippen MR) is 103 cm³/mol. The van der Waals surface area contributed by atoms with Crippen LogP contribution >= 0.6 is 11.3 Å². The monoisotopic (exact) mass is 392 g/mol. The molecule has 0 atom stereocenters. The summed E-state index contributed by atoms with van der Waals surface area (Å²) < 4.78 is 14.5. The second-order valence-electron chi connectivity index (χ2n) is 6.06. The van der Waals surface area contributed by atoms with Gasteiger partial charge in [-0.1, -0.05) is 0 Å². The van der Waals surface area contributed by atoms with E-state index in [-0.39, 0.29) is 17.3 Å². The number of benzene rings is 1. The van der Waals surface area contributed by atoms with Crippen LogP contribution in [0, 0.1) is 31.0 Å². The molecule has 138 valence electrons. The Hall–Kier alpha value is -3.64. The van der Waals surface area contributed by atoms with Crippen molar-refractivity contribution >= 4 is 28.0 Å². The van der Waals surface area contributed by atoms with Gasteiger partial charge in [0.15, 0.2) is 0 Å². The maximum Gasteiger partial charge on any atom is 0.275 e. The minimum absolute atomic E-state index is 0.203. The van der Waals surface area contributed by atoms with E-state index in [1.54, 1.807) is 18.2 Å². The highest BCUT2D eigenvalue weighted by Crippen LogP contribution is 2.32. The lowest BCUT2D eigenvalue weighted by atomic mass is 10.1. The van der Waals surface area contributed by atoms with Crippen LogP contribution in [0.1, 0.15) is 26.5 Å². The smallest absolute Gasteiger partial charge is 0.275 e. The Labute approximate surface area is 163 Å². The van der Waals surface area contributed by atoms with E-state index in [9.17, 15) is 14.4 Å². The summed E-state index contributed by atoms with van der Waals surface area (Å²) in [5.74, 6) is -0.567. The Kier molecular flexibility index (Phi) is 4.33. The zero-order valence-corrected chi connectivity index (χ0v) is 15.7. The Bertz CT molecular complexity index is 1250. The maximum atomic E-state index is 13.2. The van der Waals surface area contributed by atoms with Crippen molar-refractivity contribution in [3.05, 3.63) is 64.2 Å². The number of anilines is 1. The summed E-state index contributed by atoms with van der Waals surface area (Å²) in [7, 11) is 0. The number of fused-ring (bicyclic) bond motifs is 1. The fourth-order valence-electron chi connectivity index (χ4n) is 2.76. The molecule has 28 heavy (non-hydrogen) atoms. The lowest BCUT2D eigenvalue weighted by Crippen LogP contribution is -2.17. The highest BCUT2D eigenvalue weighted by molar-refractivity contribution is 7.16. The number of hydrogen-bond donors (Lipinski definition) is 1. The quantitative estimate of drug-likeness (QED) is 0.573. The summed E-state index contributed by atoms with van der Waals surface area (Å²) in [5, 5.41) is 16.7. The van der Waals surface area contributed by atoms with E-state index in [1.165, 1.54) is 34.3 Å². The van der Waals surface area contributed by atoms with E-state index < -0.39 is 5.91 Å². The normalized spacial score (nSPS) is 10.8. The zero-order valence-electron chi connectivity index (χ0n) is 14.9. The standard InChI is InChI=1S/C19H13FN6OS/c1-10-11(2)28-18(14(10)8-21)25-17(27)16-7-15(12-3-5-13(20)6-4-12)24-19-22-9-23-26(16)19/h3-7,9H,1-2H3,(H,25,27). The second-order valence-corrected chi connectivity index (χ2v) is 7.28. The van der Waals surface area contributed by atoms with Crippen LogP contribution < -0.4 is 5.32 Å².